The molecule has 1 atom stereocenters. The van der Waals surface area contributed by atoms with Crippen LogP contribution in [-0.4, -0.2) is 32.3 Å². The number of nitrogens with two attached hydrogens (primary N) is 1. The predicted octanol–water partition coefficient (Wildman–Crippen LogP) is 3.35. The van der Waals surface area contributed by atoms with Crippen LogP contribution in [0.25, 0.3) is 0 Å². The Morgan fingerprint density at radius 1 is 1.33 bits per heavy atom. The first-order valence-electron chi connectivity index (χ1n) is 9.09. The van der Waals surface area contributed by atoms with Crippen LogP contribution < -0.4 is 15.8 Å². The van der Waals surface area contributed by atoms with Crippen LogP contribution in [0.1, 0.15) is 45.6 Å². The average Bonchev–Trinajstić information content (AvgIpc) is 2.53. The summed E-state index contributed by atoms with van der Waals surface area (Å²) < 4.78 is 11.3. The number of hydrogen-bond acceptors (Lipinski definition) is 4. The van der Waals surface area contributed by atoms with Crippen LogP contribution in [0.5, 0.6) is 5.75 Å². The molecule has 3 N–H and O–H groups in total. The maximum atomic E-state index is 6.13. The normalized spacial score (nSPS) is 18.9. The van der Waals surface area contributed by atoms with Gasteiger partial charge in [0.05, 0.1) is 13.2 Å². The fraction of sp³-hybridized carbons (Fsp3) is 0.700. The second-order valence-electron chi connectivity index (χ2n) is 7.85. The first kappa shape index (κ1) is 19.2. The van der Waals surface area contributed by atoms with Crippen LogP contribution in [-0.2, 0) is 11.3 Å². The molecule has 4 nitrogen and oxygen atoms in total. The minimum atomic E-state index is -0.0129. The molecule has 2 rings (SSSR count). The van der Waals surface area contributed by atoms with E-state index < -0.39 is 0 Å². The Morgan fingerprint density at radius 3 is 2.62 bits per heavy atom. The van der Waals surface area contributed by atoms with Crippen molar-refractivity contribution in [2.75, 3.05) is 26.8 Å². The van der Waals surface area contributed by atoms with Crippen LogP contribution in [0.4, 0.5) is 0 Å². The minimum Gasteiger partial charge on any atom is -0.493 e. The summed E-state index contributed by atoms with van der Waals surface area (Å²) >= 11 is 0. The van der Waals surface area contributed by atoms with Crippen molar-refractivity contribution in [3.8, 4) is 5.75 Å². The van der Waals surface area contributed by atoms with Gasteiger partial charge in [-0.3, -0.25) is 0 Å². The predicted molar refractivity (Wildman–Crippen MR) is 99.2 cm³/mol. The average molecular weight is 335 g/mol. The van der Waals surface area contributed by atoms with Gasteiger partial charge in [-0.15, -0.1) is 0 Å². The van der Waals surface area contributed by atoms with Crippen LogP contribution >= 0.6 is 0 Å². The lowest BCUT2D eigenvalue weighted by atomic mass is 9.68. The maximum Gasteiger partial charge on any atom is 0.119 e. The molecule has 0 heterocycles. The lowest BCUT2D eigenvalue weighted by molar-refractivity contribution is 0.0453. The number of hydrogen-bond donors (Lipinski definition) is 2. The molecule has 1 aliphatic rings. The van der Waals surface area contributed by atoms with Gasteiger partial charge in [-0.05, 0) is 43.4 Å². The van der Waals surface area contributed by atoms with Gasteiger partial charge in [0.1, 0.15) is 5.75 Å². The molecule has 136 valence electrons. The third-order valence-corrected chi connectivity index (χ3v) is 5.73. The molecule has 24 heavy (non-hydrogen) atoms. The topological polar surface area (TPSA) is 56.5 Å². The zero-order valence-electron chi connectivity index (χ0n) is 15.7. The van der Waals surface area contributed by atoms with E-state index in [0.717, 1.165) is 24.5 Å². The number of benzene rings is 1. The SMILES string of the molecule is COCc1cccc(OCC2(CNC(C)(CN)C(C)C)CCC2)c1. The Hall–Kier alpha value is -1.10. The molecule has 0 bridgehead atoms. The molecule has 1 aliphatic carbocycles. The van der Waals surface area contributed by atoms with Crippen molar-refractivity contribution in [1.29, 1.82) is 0 Å². The van der Waals surface area contributed by atoms with E-state index in [1.54, 1.807) is 7.11 Å². The third kappa shape index (κ3) is 4.71. The fourth-order valence-corrected chi connectivity index (χ4v) is 3.08. The first-order chi connectivity index (χ1) is 11.4. The van der Waals surface area contributed by atoms with Crippen molar-refractivity contribution in [3.05, 3.63) is 29.8 Å². The number of ether oxygens (including phenoxy) is 2. The van der Waals surface area contributed by atoms with Crippen molar-refractivity contribution in [2.24, 2.45) is 17.1 Å². The van der Waals surface area contributed by atoms with E-state index in [9.17, 15) is 0 Å². The second kappa shape index (κ2) is 8.32. The quantitative estimate of drug-likeness (QED) is 0.689. The highest BCUT2D eigenvalue weighted by Crippen LogP contribution is 2.41. The molecule has 1 aromatic carbocycles. The highest BCUT2D eigenvalue weighted by Gasteiger charge is 2.40. The van der Waals surface area contributed by atoms with Crippen LogP contribution in [0.3, 0.4) is 0 Å². The molecule has 0 saturated heterocycles. The second-order valence-corrected chi connectivity index (χ2v) is 7.85. The summed E-state index contributed by atoms with van der Waals surface area (Å²) in [4.78, 5) is 0. The molecular formula is C20H34N2O2. The van der Waals surface area contributed by atoms with Gasteiger partial charge in [0.15, 0.2) is 0 Å². The number of rotatable bonds is 10. The molecule has 1 unspecified atom stereocenters. The van der Waals surface area contributed by atoms with E-state index in [1.807, 2.05) is 12.1 Å². The van der Waals surface area contributed by atoms with Gasteiger partial charge in [0.2, 0.25) is 0 Å². The molecule has 4 heteroatoms. The summed E-state index contributed by atoms with van der Waals surface area (Å²) in [5, 5.41) is 3.73. The summed E-state index contributed by atoms with van der Waals surface area (Å²) in [6, 6.07) is 8.18. The van der Waals surface area contributed by atoms with Crippen molar-refractivity contribution in [2.45, 2.75) is 52.2 Å². The van der Waals surface area contributed by atoms with Gasteiger partial charge in [0.25, 0.3) is 0 Å². The Bertz CT molecular complexity index is 514. The van der Waals surface area contributed by atoms with Crippen LogP contribution in [0, 0.1) is 11.3 Å². The van der Waals surface area contributed by atoms with E-state index in [1.165, 1.54) is 19.3 Å². The highest BCUT2D eigenvalue weighted by molar-refractivity contribution is 5.28. The molecule has 0 aromatic heterocycles. The van der Waals surface area contributed by atoms with Crippen molar-refractivity contribution < 1.29 is 9.47 Å². The van der Waals surface area contributed by atoms with E-state index in [2.05, 4.69) is 38.2 Å². The largest absolute Gasteiger partial charge is 0.493 e. The summed E-state index contributed by atoms with van der Waals surface area (Å²) in [6.07, 6.45) is 3.72. The van der Waals surface area contributed by atoms with Crippen LogP contribution in [0.15, 0.2) is 24.3 Å². The van der Waals surface area contributed by atoms with E-state index in [-0.39, 0.29) is 11.0 Å². The van der Waals surface area contributed by atoms with Gasteiger partial charge in [0, 0.05) is 31.2 Å². The van der Waals surface area contributed by atoms with Gasteiger partial charge in [-0.2, -0.15) is 0 Å². The van der Waals surface area contributed by atoms with E-state index in [0.29, 0.717) is 19.1 Å². The molecular weight excluding hydrogens is 300 g/mol. The first-order valence-corrected chi connectivity index (χ1v) is 9.09. The zero-order chi connectivity index (χ0) is 17.6. The minimum absolute atomic E-state index is 0.0129. The molecule has 0 radical (unpaired) electrons. The molecule has 1 aromatic rings. The zero-order valence-corrected chi connectivity index (χ0v) is 15.7. The Balaban J connectivity index is 1.92. The molecule has 0 aliphatic heterocycles. The van der Waals surface area contributed by atoms with Gasteiger partial charge >= 0.3 is 0 Å². The Labute approximate surface area is 147 Å². The summed E-state index contributed by atoms with van der Waals surface area (Å²) in [6.45, 7) is 9.68. The highest BCUT2D eigenvalue weighted by atomic mass is 16.5. The van der Waals surface area contributed by atoms with Gasteiger partial charge in [-0.1, -0.05) is 32.4 Å². The summed E-state index contributed by atoms with van der Waals surface area (Å²) in [5.41, 5.74) is 7.37. The maximum absolute atomic E-state index is 6.13. The van der Waals surface area contributed by atoms with Gasteiger partial charge < -0.3 is 20.5 Å². The number of methoxy groups -OCH3 is 1. The molecule has 0 spiro atoms. The third-order valence-electron chi connectivity index (χ3n) is 5.73. The monoisotopic (exact) mass is 334 g/mol. The van der Waals surface area contributed by atoms with Crippen molar-refractivity contribution in [1.82, 2.24) is 5.32 Å². The molecule has 0 amide bonds. The Morgan fingerprint density at radius 2 is 2.08 bits per heavy atom. The van der Waals surface area contributed by atoms with Crippen molar-refractivity contribution >= 4 is 0 Å². The van der Waals surface area contributed by atoms with E-state index in [4.69, 9.17) is 15.2 Å². The Kier molecular flexibility index (Phi) is 6.67. The summed E-state index contributed by atoms with van der Waals surface area (Å²) in [5.74, 6) is 1.44. The fourth-order valence-electron chi connectivity index (χ4n) is 3.08. The van der Waals surface area contributed by atoms with Crippen molar-refractivity contribution in [3.63, 3.8) is 0 Å². The summed E-state index contributed by atoms with van der Waals surface area (Å²) in [7, 11) is 1.71. The van der Waals surface area contributed by atoms with E-state index >= 15 is 0 Å². The van der Waals surface area contributed by atoms with Gasteiger partial charge in [-0.25, -0.2) is 0 Å². The smallest absolute Gasteiger partial charge is 0.119 e. The standard InChI is InChI=1S/C20H34N2O2/c1-16(2)19(3,13-21)22-14-20(9-6-10-20)15-24-18-8-5-7-17(11-18)12-23-4/h5,7-8,11,16,22H,6,9-10,12-15,21H2,1-4H3. The molecule has 1 fully saturated rings. The van der Waals surface area contributed by atoms with Crippen LogP contribution in [0.2, 0.25) is 0 Å². The lowest BCUT2D eigenvalue weighted by Gasteiger charge is -2.45. The lowest BCUT2D eigenvalue weighted by Crippen LogP contribution is -2.57. The molecule has 1 saturated carbocycles. The number of nitrogens with one attached hydrogen (secondary N) is 1.